The lowest BCUT2D eigenvalue weighted by atomic mass is 10.2. The van der Waals surface area contributed by atoms with Crippen LogP contribution in [0.15, 0.2) is 23.1 Å². The molecule has 0 saturated heterocycles. The molecule has 0 aliphatic heterocycles. The van der Waals surface area contributed by atoms with Crippen molar-refractivity contribution in [3.8, 4) is 0 Å². The van der Waals surface area contributed by atoms with Crippen LogP contribution in [0.25, 0.3) is 0 Å². The molecule has 0 bridgehead atoms. The van der Waals surface area contributed by atoms with E-state index in [9.17, 15) is 34.8 Å². The van der Waals surface area contributed by atoms with Gasteiger partial charge in [0.15, 0.2) is 6.61 Å². The monoisotopic (exact) mass is 342 g/mol. The highest BCUT2D eigenvalue weighted by atomic mass is 35.5. The number of hydrogen-bond acceptors (Lipinski definition) is 3. The van der Waals surface area contributed by atoms with E-state index in [-0.39, 0.29) is 6.07 Å². The first-order valence-corrected chi connectivity index (χ1v) is 6.44. The first-order valence-electron chi connectivity index (χ1n) is 4.66. The summed E-state index contributed by atoms with van der Waals surface area (Å²) in [6.07, 6.45) is -9.89. The van der Waals surface area contributed by atoms with Crippen molar-refractivity contribution in [3.05, 3.63) is 28.8 Å². The number of benzene rings is 1. The largest absolute Gasteiger partial charge is 0.417 e. The predicted octanol–water partition coefficient (Wildman–Crippen LogP) is 3.63. The zero-order valence-electron chi connectivity index (χ0n) is 9.22. The second kappa shape index (κ2) is 5.41. The highest BCUT2D eigenvalue weighted by Gasteiger charge is 2.36. The van der Waals surface area contributed by atoms with Crippen LogP contribution in [-0.4, -0.2) is 21.2 Å². The molecule has 1 rings (SSSR count). The van der Waals surface area contributed by atoms with Crippen molar-refractivity contribution in [1.29, 1.82) is 0 Å². The smallest absolute Gasteiger partial charge is 0.257 e. The van der Waals surface area contributed by atoms with Crippen LogP contribution in [-0.2, 0) is 20.5 Å². The molecule has 11 heteroatoms. The van der Waals surface area contributed by atoms with Gasteiger partial charge in [-0.2, -0.15) is 34.8 Å². The summed E-state index contributed by atoms with van der Waals surface area (Å²) in [4.78, 5) is -1.07. The molecule has 0 heterocycles. The van der Waals surface area contributed by atoms with Gasteiger partial charge in [-0.1, -0.05) is 11.6 Å². The highest BCUT2D eigenvalue weighted by molar-refractivity contribution is 7.86. The topological polar surface area (TPSA) is 43.4 Å². The molecule has 0 amide bonds. The fourth-order valence-corrected chi connectivity index (χ4v) is 2.24. The normalized spacial score (nSPS) is 13.6. The summed E-state index contributed by atoms with van der Waals surface area (Å²) in [5.74, 6) is 0. The Morgan fingerprint density at radius 3 is 2.10 bits per heavy atom. The minimum atomic E-state index is -4.97. The van der Waals surface area contributed by atoms with Crippen LogP contribution in [0.2, 0.25) is 5.02 Å². The zero-order chi connectivity index (χ0) is 15.8. The zero-order valence-corrected chi connectivity index (χ0v) is 10.8. The molecular weight excluding hydrogens is 338 g/mol. The average molecular weight is 343 g/mol. The third-order valence-electron chi connectivity index (χ3n) is 1.91. The van der Waals surface area contributed by atoms with E-state index >= 15 is 0 Å². The van der Waals surface area contributed by atoms with Gasteiger partial charge in [-0.3, -0.25) is 4.18 Å². The number of rotatable bonds is 3. The Balaban J connectivity index is 3.15. The lowest BCUT2D eigenvalue weighted by Crippen LogP contribution is -2.21. The summed E-state index contributed by atoms with van der Waals surface area (Å²) in [5.41, 5.74) is -1.49. The van der Waals surface area contributed by atoms with Gasteiger partial charge in [0.1, 0.15) is 0 Å². The molecule has 0 spiro atoms. The third-order valence-corrected chi connectivity index (χ3v) is 3.50. The molecule has 0 aromatic heterocycles. The van der Waals surface area contributed by atoms with Gasteiger partial charge in [-0.15, -0.1) is 0 Å². The maximum Gasteiger partial charge on any atom is 0.417 e. The third kappa shape index (κ3) is 4.53. The Morgan fingerprint density at radius 1 is 1.10 bits per heavy atom. The fourth-order valence-electron chi connectivity index (χ4n) is 1.09. The molecule has 0 unspecified atom stereocenters. The molecule has 0 radical (unpaired) electrons. The Labute approximate surface area is 114 Å². The van der Waals surface area contributed by atoms with Crippen LogP contribution in [0.4, 0.5) is 26.3 Å². The van der Waals surface area contributed by atoms with Crippen molar-refractivity contribution in [2.75, 3.05) is 6.61 Å². The fraction of sp³-hybridized carbons (Fsp3) is 0.333. The second-order valence-electron chi connectivity index (χ2n) is 3.47. The van der Waals surface area contributed by atoms with Crippen LogP contribution in [0, 0.1) is 0 Å². The van der Waals surface area contributed by atoms with Gasteiger partial charge in [0.2, 0.25) is 0 Å². The van der Waals surface area contributed by atoms with Crippen LogP contribution >= 0.6 is 11.6 Å². The molecule has 1 aromatic carbocycles. The first kappa shape index (κ1) is 17.1. The van der Waals surface area contributed by atoms with Crippen molar-refractivity contribution < 1.29 is 38.9 Å². The predicted molar refractivity (Wildman–Crippen MR) is 55.6 cm³/mol. The molecule has 3 nitrogen and oxygen atoms in total. The molecule has 0 fully saturated rings. The van der Waals surface area contributed by atoms with E-state index in [0.29, 0.717) is 12.1 Å². The van der Waals surface area contributed by atoms with E-state index in [0.717, 1.165) is 0 Å². The van der Waals surface area contributed by atoms with Gasteiger partial charge in [0.25, 0.3) is 10.1 Å². The van der Waals surface area contributed by atoms with E-state index in [1.165, 1.54) is 0 Å². The van der Waals surface area contributed by atoms with Gasteiger partial charge < -0.3 is 0 Å². The molecule has 0 N–H and O–H groups in total. The summed E-state index contributed by atoms with van der Waals surface area (Å²) in [5, 5.41) is -0.785. The molecule has 0 atom stereocenters. The number of alkyl halides is 6. The Bertz CT molecular complexity index is 593. The lowest BCUT2D eigenvalue weighted by Gasteiger charge is -2.12. The molecule has 114 valence electrons. The Hall–Kier alpha value is -1.00. The minimum Gasteiger partial charge on any atom is -0.257 e. The van der Waals surface area contributed by atoms with Crippen molar-refractivity contribution in [2.24, 2.45) is 0 Å². The van der Waals surface area contributed by atoms with Crippen molar-refractivity contribution >= 4 is 21.7 Å². The van der Waals surface area contributed by atoms with Gasteiger partial charge in [0.05, 0.1) is 15.5 Å². The van der Waals surface area contributed by atoms with Gasteiger partial charge in [0, 0.05) is 0 Å². The Kier molecular flexibility index (Phi) is 4.62. The van der Waals surface area contributed by atoms with Crippen molar-refractivity contribution in [3.63, 3.8) is 0 Å². The van der Waals surface area contributed by atoms with E-state index in [2.05, 4.69) is 4.18 Å². The average Bonchev–Trinajstić information content (AvgIpc) is 2.24. The molecular formula is C9H5ClF6O3S. The second-order valence-corrected chi connectivity index (χ2v) is 5.49. The van der Waals surface area contributed by atoms with E-state index in [1.807, 2.05) is 0 Å². The first-order chi connectivity index (χ1) is 8.83. The van der Waals surface area contributed by atoms with E-state index < -0.39 is 44.6 Å². The van der Waals surface area contributed by atoms with Gasteiger partial charge >= 0.3 is 12.4 Å². The van der Waals surface area contributed by atoms with Crippen molar-refractivity contribution in [1.82, 2.24) is 0 Å². The summed E-state index contributed by atoms with van der Waals surface area (Å²) in [6.45, 7) is -2.14. The maximum atomic E-state index is 12.5. The summed E-state index contributed by atoms with van der Waals surface area (Å²) >= 11 is 5.24. The lowest BCUT2D eigenvalue weighted by molar-refractivity contribution is -0.152. The van der Waals surface area contributed by atoms with E-state index in [4.69, 9.17) is 11.6 Å². The number of hydrogen-bond donors (Lipinski definition) is 0. The summed E-state index contributed by atoms with van der Waals surface area (Å²) < 4.78 is 99.3. The van der Waals surface area contributed by atoms with Gasteiger partial charge in [-0.25, -0.2) is 0 Å². The molecule has 0 saturated carbocycles. The molecule has 20 heavy (non-hydrogen) atoms. The minimum absolute atomic E-state index is 0.105. The van der Waals surface area contributed by atoms with E-state index in [1.54, 1.807) is 0 Å². The Morgan fingerprint density at radius 2 is 1.65 bits per heavy atom. The van der Waals surface area contributed by atoms with Crippen LogP contribution in [0.5, 0.6) is 0 Å². The molecule has 0 aliphatic rings. The van der Waals surface area contributed by atoms with Crippen LogP contribution in [0.3, 0.4) is 0 Å². The van der Waals surface area contributed by atoms with Crippen molar-refractivity contribution in [2.45, 2.75) is 17.2 Å². The highest BCUT2D eigenvalue weighted by Crippen LogP contribution is 2.36. The summed E-state index contributed by atoms with van der Waals surface area (Å²) in [6, 6.07) is 1.32. The molecule has 1 aromatic rings. The maximum absolute atomic E-state index is 12.5. The van der Waals surface area contributed by atoms with Crippen LogP contribution in [0.1, 0.15) is 5.56 Å². The quantitative estimate of drug-likeness (QED) is 0.622. The SMILES string of the molecule is O=S(=O)(OCC(F)(F)F)c1ccc(Cl)c(C(F)(F)F)c1. The summed E-state index contributed by atoms with van der Waals surface area (Å²) in [7, 11) is -4.97. The number of halogens is 7. The molecule has 0 aliphatic carbocycles. The van der Waals surface area contributed by atoms with Gasteiger partial charge in [-0.05, 0) is 18.2 Å². The standard InChI is InChI=1S/C9H5ClF6O3S/c10-7-2-1-5(3-6(7)9(14,15)16)20(17,18)19-4-8(11,12)13/h1-3H,4H2. The van der Waals surface area contributed by atoms with Crippen LogP contribution < -0.4 is 0 Å².